The lowest BCUT2D eigenvalue weighted by Gasteiger charge is -2.26. The van der Waals surface area contributed by atoms with E-state index in [9.17, 15) is 4.79 Å². The molecule has 0 unspecified atom stereocenters. The number of nitrogens with zero attached hydrogens (tertiary/aromatic N) is 2. The van der Waals surface area contributed by atoms with Crippen LogP contribution in [0.5, 0.6) is 5.75 Å². The molecule has 0 atom stereocenters. The van der Waals surface area contributed by atoms with E-state index in [1.807, 2.05) is 30.3 Å². The summed E-state index contributed by atoms with van der Waals surface area (Å²) in [5.74, 6) is 0.883. The molecular formula is C23H25N5O2. The van der Waals surface area contributed by atoms with Crippen LogP contribution in [0.15, 0.2) is 53.5 Å². The third kappa shape index (κ3) is 3.94. The summed E-state index contributed by atoms with van der Waals surface area (Å²) < 4.78 is 6.00. The molecule has 1 fully saturated rings. The Hall–Kier alpha value is -3.16. The van der Waals surface area contributed by atoms with E-state index >= 15 is 0 Å². The lowest BCUT2D eigenvalue weighted by molar-refractivity contribution is 0.214. The Morgan fingerprint density at radius 2 is 1.93 bits per heavy atom. The third-order valence-corrected chi connectivity index (χ3v) is 5.58. The molecule has 1 aliphatic rings. The maximum atomic E-state index is 11.6. The number of ether oxygens (including phenoxy) is 1. The van der Waals surface area contributed by atoms with Gasteiger partial charge >= 0.3 is 0 Å². The molecule has 154 valence electrons. The van der Waals surface area contributed by atoms with E-state index in [1.165, 1.54) is 6.20 Å². The van der Waals surface area contributed by atoms with Gasteiger partial charge in [-0.3, -0.25) is 4.79 Å². The van der Waals surface area contributed by atoms with E-state index < -0.39 is 0 Å². The van der Waals surface area contributed by atoms with Gasteiger partial charge in [-0.2, -0.15) is 0 Å². The number of rotatable bonds is 6. The average Bonchev–Trinajstić information content (AvgIpc) is 3.20. The highest BCUT2D eigenvalue weighted by Gasteiger charge is 2.11. The normalized spacial score (nSPS) is 15.1. The number of aromatic amines is 2. The minimum Gasteiger partial charge on any atom is -0.494 e. The SMILES string of the molecule is O=c1cnc2c(-c3cc4cc(OCCCN5CCNCC5)ccc4[nH]3)cccc2[nH]1. The molecule has 0 amide bonds. The number of hydrogen-bond donors (Lipinski definition) is 3. The van der Waals surface area contributed by atoms with Crippen LogP contribution >= 0.6 is 0 Å². The van der Waals surface area contributed by atoms with Crippen molar-refractivity contribution in [3.63, 3.8) is 0 Å². The Balaban J connectivity index is 1.31. The maximum absolute atomic E-state index is 11.6. The second-order valence-electron chi connectivity index (χ2n) is 7.67. The lowest BCUT2D eigenvalue weighted by atomic mass is 10.1. The van der Waals surface area contributed by atoms with E-state index in [4.69, 9.17) is 4.74 Å². The zero-order valence-corrected chi connectivity index (χ0v) is 16.8. The summed E-state index contributed by atoms with van der Waals surface area (Å²) in [6, 6.07) is 14.0. The molecule has 3 heterocycles. The molecule has 0 aliphatic carbocycles. The van der Waals surface area contributed by atoms with Gasteiger partial charge in [0.15, 0.2) is 0 Å². The summed E-state index contributed by atoms with van der Waals surface area (Å²) in [5, 5.41) is 4.47. The number of para-hydroxylation sites is 1. The van der Waals surface area contributed by atoms with Crippen LogP contribution in [-0.4, -0.2) is 59.2 Å². The molecule has 0 radical (unpaired) electrons. The molecule has 2 aromatic carbocycles. The Morgan fingerprint density at radius 1 is 1.03 bits per heavy atom. The lowest BCUT2D eigenvalue weighted by Crippen LogP contribution is -2.43. The smallest absolute Gasteiger partial charge is 0.266 e. The summed E-state index contributed by atoms with van der Waals surface area (Å²) in [4.78, 5) is 24.7. The predicted molar refractivity (Wildman–Crippen MR) is 119 cm³/mol. The standard InChI is InChI=1S/C23H25N5O2/c29-22-15-25-23-18(3-1-4-20(23)27-22)21-14-16-13-17(5-6-19(16)26-21)30-12-2-9-28-10-7-24-8-11-28/h1,3-6,13-15,24,26H,2,7-12H2,(H,27,29). The highest BCUT2D eigenvalue weighted by molar-refractivity contribution is 5.95. The van der Waals surface area contributed by atoms with Gasteiger partial charge in [0.05, 0.1) is 23.8 Å². The first kappa shape index (κ1) is 18.8. The minimum absolute atomic E-state index is 0.199. The number of hydrogen-bond acceptors (Lipinski definition) is 5. The molecule has 5 rings (SSSR count). The van der Waals surface area contributed by atoms with Crippen LogP contribution in [0.4, 0.5) is 0 Å². The number of piperazine rings is 1. The van der Waals surface area contributed by atoms with Gasteiger partial charge in [0.2, 0.25) is 0 Å². The van der Waals surface area contributed by atoms with Crippen LogP contribution in [0, 0.1) is 0 Å². The fourth-order valence-electron chi connectivity index (χ4n) is 4.05. The van der Waals surface area contributed by atoms with Crippen molar-refractivity contribution in [2.45, 2.75) is 6.42 Å². The van der Waals surface area contributed by atoms with E-state index in [1.54, 1.807) is 0 Å². The molecule has 7 heteroatoms. The molecule has 3 N–H and O–H groups in total. The largest absolute Gasteiger partial charge is 0.494 e. The monoisotopic (exact) mass is 403 g/mol. The molecule has 0 bridgehead atoms. The molecule has 4 aromatic rings. The van der Waals surface area contributed by atoms with Crippen molar-refractivity contribution in [1.29, 1.82) is 0 Å². The number of benzene rings is 2. The zero-order valence-electron chi connectivity index (χ0n) is 16.8. The fraction of sp³-hybridized carbons (Fsp3) is 0.304. The van der Waals surface area contributed by atoms with Crippen LogP contribution in [0.2, 0.25) is 0 Å². The summed E-state index contributed by atoms with van der Waals surface area (Å²) in [6.45, 7) is 6.19. The van der Waals surface area contributed by atoms with E-state index in [-0.39, 0.29) is 5.56 Å². The van der Waals surface area contributed by atoms with Crippen LogP contribution < -0.4 is 15.6 Å². The van der Waals surface area contributed by atoms with Gasteiger partial charge in [-0.05, 0) is 36.8 Å². The van der Waals surface area contributed by atoms with Crippen molar-refractivity contribution in [1.82, 2.24) is 25.2 Å². The Bertz CT molecular complexity index is 1220. The maximum Gasteiger partial charge on any atom is 0.266 e. The molecular weight excluding hydrogens is 378 g/mol. The molecule has 2 aromatic heterocycles. The highest BCUT2D eigenvalue weighted by atomic mass is 16.5. The summed E-state index contributed by atoms with van der Waals surface area (Å²) >= 11 is 0. The molecule has 7 nitrogen and oxygen atoms in total. The van der Waals surface area contributed by atoms with Gasteiger partial charge in [-0.25, -0.2) is 4.98 Å². The highest BCUT2D eigenvalue weighted by Crippen LogP contribution is 2.30. The van der Waals surface area contributed by atoms with E-state index in [0.29, 0.717) is 6.61 Å². The van der Waals surface area contributed by atoms with Crippen molar-refractivity contribution in [3.8, 4) is 17.0 Å². The number of H-pyrrole nitrogens is 2. The van der Waals surface area contributed by atoms with Gasteiger partial charge in [-0.1, -0.05) is 12.1 Å². The molecule has 0 saturated carbocycles. The first-order valence-electron chi connectivity index (χ1n) is 10.4. The number of aromatic nitrogens is 3. The van der Waals surface area contributed by atoms with Crippen LogP contribution in [0.3, 0.4) is 0 Å². The van der Waals surface area contributed by atoms with Gasteiger partial charge in [0.1, 0.15) is 5.75 Å². The minimum atomic E-state index is -0.199. The fourth-order valence-corrected chi connectivity index (χ4v) is 4.05. The Labute approximate surface area is 174 Å². The van der Waals surface area contributed by atoms with Crippen molar-refractivity contribution in [2.24, 2.45) is 0 Å². The molecule has 30 heavy (non-hydrogen) atoms. The number of fused-ring (bicyclic) bond motifs is 2. The summed E-state index contributed by atoms with van der Waals surface area (Å²) in [7, 11) is 0. The number of nitrogens with one attached hydrogen (secondary N) is 3. The summed E-state index contributed by atoms with van der Waals surface area (Å²) in [6.07, 6.45) is 2.34. The van der Waals surface area contributed by atoms with Gasteiger partial charge in [0, 0.05) is 54.9 Å². The third-order valence-electron chi connectivity index (χ3n) is 5.58. The average molecular weight is 403 g/mol. The van der Waals surface area contributed by atoms with Gasteiger partial charge in [0.25, 0.3) is 5.56 Å². The van der Waals surface area contributed by atoms with Crippen molar-refractivity contribution < 1.29 is 4.74 Å². The van der Waals surface area contributed by atoms with Gasteiger partial charge < -0.3 is 24.9 Å². The second kappa shape index (κ2) is 8.30. The van der Waals surface area contributed by atoms with Crippen molar-refractivity contribution in [2.75, 3.05) is 39.3 Å². The van der Waals surface area contributed by atoms with Gasteiger partial charge in [-0.15, -0.1) is 0 Å². The quantitative estimate of drug-likeness (QED) is 0.431. The Kier molecular flexibility index (Phi) is 5.21. The second-order valence-corrected chi connectivity index (χ2v) is 7.67. The first-order chi connectivity index (χ1) is 14.8. The van der Waals surface area contributed by atoms with Crippen molar-refractivity contribution >= 4 is 21.9 Å². The van der Waals surface area contributed by atoms with Crippen LogP contribution in [-0.2, 0) is 0 Å². The van der Waals surface area contributed by atoms with Crippen molar-refractivity contribution in [3.05, 3.63) is 59.0 Å². The van der Waals surface area contributed by atoms with E-state index in [2.05, 4.69) is 37.3 Å². The summed E-state index contributed by atoms with van der Waals surface area (Å²) in [5.41, 5.74) is 4.26. The zero-order chi connectivity index (χ0) is 20.3. The van der Waals surface area contributed by atoms with E-state index in [0.717, 1.165) is 78.1 Å². The molecule has 1 aliphatic heterocycles. The molecule has 0 spiro atoms. The van der Waals surface area contributed by atoms with Crippen LogP contribution in [0.25, 0.3) is 33.2 Å². The predicted octanol–water partition coefficient (Wildman–Crippen LogP) is 2.75. The van der Waals surface area contributed by atoms with Crippen LogP contribution in [0.1, 0.15) is 6.42 Å². The first-order valence-corrected chi connectivity index (χ1v) is 10.4. The Morgan fingerprint density at radius 3 is 2.83 bits per heavy atom. The molecule has 1 saturated heterocycles. The topological polar surface area (TPSA) is 86.0 Å².